The molecule has 0 saturated heterocycles. The first kappa shape index (κ1) is 14.8. The highest BCUT2D eigenvalue weighted by atomic mass is 79.9. The standard InChI is InChI=1S/C17H17BrN2/c1-12(15-7-5-6-14(10-15)11-19)20-13(2)16-8-3-4-9-17(16)18/h3-10,12-13,20H,1-2H3/t12?,13-/m0/s1. The number of nitriles is 1. The van der Waals surface area contributed by atoms with Crippen LogP contribution in [0.1, 0.15) is 42.6 Å². The molecule has 2 aromatic rings. The van der Waals surface area contributed by atoms with Gasteiger partial charge in [0.2, 0.25) is 0 Å². The highest BCUT2D eigenvalue weighted by Crippen LogP contribution is 2.25. The molecule has 2 atom stereocenters. The molecule has 20 heavy (non-hydrogen) atoms. The van der Waals surface area contributed by atoms with E-state index in [0.717, 1.165) is 10.0 Å². The molecule has 0 aliphatic carbocycles. The first-order valence-electron chi connectivity index (χ1n) is 6.62. The number of halogens is 1. The molecule has 2 rings (SSSR count). The Morgan fingerprint density at radius 3 is 2.50 bits per heavy atom. The van der Waals surface area contributed by atoms with Crippen molar-refractivity contribution in [2.75, 3.05) is 0 Å². The predicted octanol–water partition coefficient (Wildman–Crippen LogP) is 4.73. The average Bonchev–Trinajstić information content (AvgIpc) is 2.47. The van der Waals surface area contributed by atoms with Gasteiger partial charge in [0, 0.05) is 16.6 Å². The van der Waals surface area contributed by atoms with Gasteiger partial charge in [-0.1, -0.05) is 46.3 Å². The molecular formula is C17H17BrN2. The molecule has 0 aliphatic heterocycles. The van der Waals surface area contributed by atoms with Gasteiger partial charge in [-0.05, 0) is 43.2 Å². The van der Waals surface area contributed by atoms with Crippen LogP contribution >= 0.6 is 15.9 Å². The second-order valence-electron chi connectivity index (χ2n) is 4.87. The second kappa shape index (κ2) is 6.69. The molecule has 0 amide bonds. The molecule has 2 nitrogen and oxygen atoms in total. The minimum absolute atomic E-state index is 0.186. The maximum Gasteiger partial charge on any atom is 0.0991 e. The quantitative estimate of drug-likeness (QED) is 0.880. The molecule has 0 spiro atoms. The molecule has 0 fully saturated rings. The third-order valence-electron chi connectivity index (χ3n) is 3.39. The molecule has 0 saturated carbocycles. The number of nitrogens with one attached hydrogen (secondary N) is 1. The van der Waals surface area contributed by atoms with Crippen LogP contribution < -0.4 is 5.32 Å². The molecular weight excluding hydrogens is 312 g/mol. The zero-order chi connectivity index (χ0) is 14.5. The van der Waals surface area contributed by atoms with Crippen LogP contribution in [0.15, 0.2) is 53.0 Å². The van der Waals surface area contributed by atoms with Gasteiger partial charge in [-0.25, -0.2) is 0 Å². The zero-order valence-corrected chi connectivity index (χ0v) is 13.2. The van der Waals surface area contributed by atoms with Crippen LogP contribution in [0.5, 0.6) is 0 Å². The van der Waals surface area contributed by atoms with Gasteiger partial charge in [0.25, 0.3) is 0 Å². The maximum atomic E-state index is 8.96. The Balaban J connectivity index is 2.13. The maximum absolute atomic E-state index is 8.96. The zero-order valence-electron chi connectivity index (χ0n) is 11.6. The Morgan fingerprint density at radius 1 is 1.05 bits per heavy atom. The van der Waals surface area contributed by atoms with Crippen LogP contribution in [0.25, 0.3) is 0 Å². The Bertz CT molecular complexity index is 631. The van der Waals surface area contributed by atoms with E-state index in [-0.39, 0.29) is 12.1 Å². The first-order valence-corrected chi connectivity index (χ1v) is 7.41. The normalized spacial score (nSPS) is 13.5. The lowest BCUT2D eigenvalue weighted by Crippen LogP contribution is -2.22. The van der Waals surface area contributed by atoms with Crippen LogP contribution in [0.2, 0.25) is 0 Å². The van der Waals surface area contributed by atoms with Crippen molar-refractivity contribution in [2.45, 2.75) is 25.9 Å². The summed E-state index contributed by atoms with van der Waals surface area (Å²) in [4.78, 5) is 0. The number of nitrogens with zero attached hydrogens (tertiary/aromatic N) is 1. The van der Waals surface area contributed by atoms with Crippen LogP contribution in [0.3, 0.4) is 0 Å². The summed E-state index contributed by atoms with van der Waals surface area (Å²) in [5.74, 6) is 0. The topological polar surface area (TPSA) is 35.8 Å². The van der Waals surface area contributed by atoms with Crippen molar-refractivity contribution in [3.63, 3.8) is 0 Å². The lowest BCUT2D eigenvalue weighted by molar-refractivity contribution is 0.493. The molecule has 2 aromatic carbocycles. The third kappa shape index (κ3) is 3.47. The molecule has 0 aromatic heterocycles. The Labute approximate surface area is 128 Å². The van der Waals surface area contributed by atoms with Gasteiger partial charge in [-0.15, -0.1) is 0 Å². The highest BCUT2D eigenvalue weighted by Gasteiger charge is 2.13. The molecule has 0 aliphatic rings. The van der Waals surface area contributed by atoms with E-state index in [9.17, 15) is 0 Å². The van der Waals surface area contributed by atoms with E-state index in [2.05, 4.69) is 53.3 Å². The molecule has 1 unspecified atom stereocenters. The van der Waals surface area contributed by atoms with Crippen LogP contribution in [-0.2, 0) is 0 Å². The summed E-state index contributed by atoms with van der Waals surface area (Å²) >= 11 is 3.58. The summed E-state index contributed by atoms with van der Waals surface area (Å²) < 4.78 is 1.11. The highest BCUT2D eigenvalue weighted by molar-refractivity contribution is 9.10. The number of rotatable bonds is 4. The molecule has 0 bridgehead atoms. The van der Waals surface area contributed by atoms with E-state index in [1.54, 1.807) is 0 Å². The Hall–Kier alpha value is -1.63. The van der Waals surface area contributed by atoms with Crippen LogP contribution in [0, 0.1) is 11.3 Å². The van der Waals surface area contributed by atoms with Crippen molar-refractivity contribution < 1.29 is 0 Å². The van der Waals surface area contributed by atoms with E-state index in [1.807, 2.05) is 36.4 Å². The van der Waals surface area contributed by atoms with E-state index in [1.165, 1.54) is 5.56 Å². The van der Waals surface area contributed by atoms with Crippen molar-refractivity contribution in [3.05, 3.63) is 69.7 Å². The lowest BCUT2D eigenvalue weighted by atomic mass is 10.0. The van der Waals surface area contributed by atoms with Gasteiger partial charge in [-0.3, -0.25) is 0 Å². The summed E-state index contributed by atoms with van der Waals surface area (Å²) in [7, 11) is 0. The average molecular weight is 329 g/mol. The van der Waals surface area contributed by atoms with Crippen molar-refractivity contribution in [2.24, 2.45) is 0 Å². The minimum Gasteiger partial charge on any atom is -0.304 e. The van der Waals surface area contributed by atoms with Gasteiger partial charge in [0.15, 0.2) is 0 Å². The Morgan fingerprint density at radius 2 is 1.80 bits per heavy atom. The van der Waals surface area contributed by atoms with E-state index in [0.29, 0.717) is 5.56 Å². The van der Waals surface area contributed by atoms with E-state index >= 15 is 0 Å². The fourth-order valence-corrected chi connectivity index (χ4v) is 2.89. The lowest BCUT2D eigenvalue weighted by Gasteiger charge is -2.21. The van der Waals surface area contributed by atoms with Gasteiger partial charge in [-0.2, -0.15) is 5.26 Å². The fourth-order valence-electron chi connectivity index (χ4n) is 2.26. The van der Waals surface area contributed by atoms with Crippen molar-refractivity contribution >= 4 is 15.9 Å². The first-order chi connectivity index (χ1) is 9.61. The van der Waals surface area contributed by atoms with Crippen LogP contribution in [-0.4, -0.2) is 0 Å². The minimum atomic E-state index is 0.186. The van der Waals surface area contributed by atoms with Crippen molar-refractivity contribution in [1.82, 2.24) is 5.32 Å². The largest absolute Gasteiger partial charge is 0.304 e. The monoisotopic (exact) mass is 328 g/mol. The SMILES string of the molecule is CC(N[C@@H](C)c1ccccc1Br)c1cccc(C#N)c1. The summed E-state index contributed by atoms with van der Waals surface area (Å²) in [6.07, 6.45) is 0. The predicted molar refractivity (Wildman–Crippen MR) is 85.3 cm³/mol. The summed E-state index contributed by atoms with van der Waals surface area (Å²) in [5, 5.41) is 12.5. The number of hydrogen-bond donors (Lipinski definition) is 1. The fraction of sp³-hybridized carbons (Fsp3) is 0.235. The summed E-state index contributed by atoms with van der Waals surface area (Å²) in [6, 6.07) is 18.5. The van der Waals surface area contributed by atoms with Gasteiger partial charge in [0.1, 0.15) is 0 Å². The molecule has 0 radical (unpaired) electrons. The summed E-state index contributed by atoms with van der Waals surface area (Å²) in [6.45, 7) is 4.26. The summed E-state index contributed by atoms with van der Waals surface area (Å²) in [5.41, 5.74) is 3.06. The van der Waals surface area contributed by atoms with Crippen molar-refractivity contribution in [1.29, 1.82) is 5.26 Å². The molecule has 102 valence electrons. The van der Waals surface area contributed by atoms with Crippen molar-refractivity contribution in [3.8, 4) is 6.07 Å². The second-order valence-corrected chi connectivity index (χ2v) is 5.72. The number of hydrogen-bond acceptors (Lipinski definition) is 2. The third-order valence-corrected chi connectivity index (χ3v) is 4.11. The smallest absolute Gasteiger partial charge is 0.0991 e. The van der Waals surface area contributed by atoms with Crippen LogP contribution in [0.4, 0.5) is 0 Å². The molecule has 1 N–H and O–H groups in total. The van der Waals surface area contributed by atoms with Gasteiger partial charge >= 0.3 is 0 Å². The number of benzene rings is 2. The van der Waals surface area contributed by atoms with Gasteiger partial charge < -0.3 is 5.32 Å². The molecule has 0 heterocycles. The van der Waals surface area contributed by atoms with E-state index < -0.39 is 0 Å². The Kier molecular flexibility index (Phi) is 4.94. The van der Waals surface area contributed by atoms with Gasteiger partial charge in [0.05, 0.1) is 11.6 Å². The van der Waals surface area contributed by atoms with E-state index in [4.69, 9.17) is 5.26 Å². The molecule has 3 heteroatoms.